The first-order chi connectivity index (χ1) is 12.5. The summed E-state index contributed by atoms with van der Waals surface area (Å²) in [5, 5.41) is 0. The minimum atomic E-state index is -3.85. The van der Waals surface area contributed by atoms with Crippen molar-refractivity contribution in [1.29, 1.82) is 0 Å². The number of anilines is 2. The molecule has 144 valence electrons. The lowest BCUT2D eigenvalue weighted by Gasteiger charge is -2.23. The molecule has 1 heterocycles. The average molecular weight is 429 g/mol. The molecular formula is C17H17ClN2O5S2. The van der Waals surface area contributed by atoms with Gasteiger partial charge in [-0.15, -0.1) is 0 Å². The van der Waals surface area contributed by atoms with Crippen LogP contribution in [0.4, 0.5) is 11.4 Å². The maximum absolute atomic E-state index is 13.1. The first kappa shape index (κ1) is 19.7. The summed E-state index contributed by atoms with van der Waals surface area (Å²) in [4.78, 5) is 14.6. The summed E-state index contributed by atoms with van der Waals surface area (Å²) in [6.07, 6.45) is 1.54. The summed E-state index contributed by atoms with van der Waals surface area (Å²) in [7, 11) is -0.621. The SMILES string of the molecule is CN(c1ccccc1C(=O)N1CCc2cc(S(=O)(=O)Cl)ccc21)S(C)(=O)=O. The molecule has 0 fully saturated rings. The number of hydrogen-bond donors (Lipinski definition) is 0. The van der Waals surface area contributed by atoms with Crippen molar-refractivity contribution in [2.75, 3.05) is 29.1 Å². The van der Waals surface area contributed by atoms with E-state index in [1.807, 2.05) is 0 Å². The molecule has 0 N–H and O–H groups in total. The third-order valence-electron chi connectivity index (χ3n) is 4.44. The lowest BCUT2D eigenvalue weighted by Crippen LogP contribution is -2.32. The van der Waals surface area contributed by atoms with Crippen molar-refractivity contribution < 1.29 is 21.6 Å². The Hall–Kier alpha value is -2.10. The molecule has 27 heavy (non-hydrogen) atoms. The highest BCUT2D eigenvalue weighted by molar-refractivity contribution is 8.13. The molecule has 0 aliphatic carbocycles. The van der Waals surface area contributed by atoms with E-state index in [1.165, 1.54) is 24.1 Å². The highest BCUT2D eigenvalue weighted by Gasteiger charge is 2.29. The van der Waals surface area contributed by atoms with E-state index in [2.05, 4.69) is 0 Å². The van der Waals surface area contributed by atoms with E-state index in [1.54, 1.807) is 30.3 Å². The van der Waals surface area contributed by atoms with Gasteiger partial charge in [-0.05, 0) is 42.3 Å². The molecule has 1 amide bonds. The first-order valence-electron chi connectivity index (χ1n) is 7.92. The van der Waals surface area contributed by atoms with Gasteiger partial charge < -0.3 is 4.90 Å². The minimum Gasteiger partial charge on any atom is -0.308 e. The van der Waals surface area contributed by atoms with Crippen molar-refractivity contribution in [3.8, 4) is 0 Å². The van der Waals surface area contributed by atoms with Crippen LogP contribution in [0, 0.1) is 0 Å². The number of halogens is 1. The van der Waals surface area contributed by atoms with Crippen LogP contribution in [-0.4, -0.2) is 42.6 Å². The molecule has 0 bridgehead atoms. The number of para-hydroxylation sites is 1. The Labute approximate surface area is 162 Å². The second-order valence-electron chi connectivity index (χ2n) is 6.18. The fourth-order valence-corrected chi connectivity index (χ4v) is 4.31. The van der Waals surface area contributed by atoms with Crippen LogP contribution < -0.4 is 9.21 Å². The van der Waals surface area contributed by atoms with E-state index in [0.717, 1.165) is 10.6 Å². The van der Waals surface area contributed by atoms with Gasteiger partial charge in [0.1, 0.15) is 0 Å². The molecule has 1 aliphatic rings. The molecule has 0 saturated carbocycles. The van der Waals surface area contributed by atoms with E-state index >= 15 is 0 Å². The van der Waals surface area contributed by atoms with Gasteiger partial charge in [0.2, 0.25) is 10.0 Å². The second-order valence-corrected chi connectivity index (χ2v) is 10.8. The van der Waals surface area contributed by atoms with Crippen LogP contribution in [0.15, 0.2) is 47.4 Å². The zero-order chi connectivity index (χ0) is 20.0. The number of nitrogens with zero attached hydrogens (tertiary/aromatic N) is 2. The second kappa shape index (κ2) is 6.81. The number of sulfonamides is 1. The Morgan fingerprint density at radius 1 is 1.11 bits per heavy atom. The van der Waals surface area contributed by atoms with Crippen molar-refractivity contribution >= 4 is 47.0 Å². The van der Waals surface area contributed by atoms with Gasteiger partial charge in [-0.25, -0.2) is 16.8 Å². The van der Waals surface area contributed by atoms with E-state index in [4.69, 9.17) is 10.7 Å². The number of carbonyl (C=O) groups is 1. The van der Waals surface area contributed by atoms with Crippen LogP contribution in [-0.2, 0) is 25.5 Å². The van der Waals surface area contributed by atoms with Gasteiger partial charge in [0.05, 0.1) is 22.4 Å². The van der Waals surface area contributed by atoms with Crippen molar-refractivity contribution in [3.05, 3.63) is 53.6 Å². The molecule has 7 nitrogen and oxygen atoms in total. The summed E-state index contributed by atoms with van der Waals surface area (Å²) < 4.78 is 47.8. The predicted octanol–water partition coefficient (Wildman–Crippen LogP) is 2.21. The number of benzene rings is 2. The molecule has 2 aromatic rings. The topological polar surface area (TPSA) is 91.8 Å². The zero-order valence-corrected chi connectivity index (χ0v) is 17.0. The van der Waals surface area contributed by atoms with E-state index < -0.39 is 19.1 Å². The monoisotopic (exact) mass is 428 g/mol. The number of carbonyl (C=O) groups excluding carboxylic acids is 1. The van der Waals surface area contributed by atoms with Crippen molar-refractivity contribution in [2.24, 2.45) is 0 Å². The Kier molecular flexibility index (Phi) is 4.96. The van der Waals surface area contributed by atoms with Gasteiger partial charge in [-0.2, -0.15) is 0 Å². The molecule has 0 atom stereocenters. The number of fused-ring (bicyclic) bond motifs is 1. The van der Waals surface area contributed by atoms with E-state index in [0.29, 0.717) is 24.2 Å². The Morgan fingerprint density at radius 2 is 1.78 bits per heavy atom. The van der Waals surface area contributed by atoms with Gasteiger partial charge in [0.25, 0.3) is 15.0 Å². The van der Waals surface area contributed by atoms with Crippen molar-refractivity contribution in [1.82, 2.24) is 0 Å². The molecule has 0 unspecified atom stereocenters. The Balaban J connectivity index is 2.01. The molecule has 0 radical (unpaired) electrons. The highest BCUT2D eigenvalue weighted by atomic mass is 35.7. The summed E-state index contributed by atoms with van der Waals surface area (Å²) >= 11 is 0. The van der Waals surface area contributed by atoms with Crippen LogP contribution in [0.1, 0.15) is 15.9 Å². The number of hydrogen-bond acceptors (Lipinski definition) is 5. The smallest absolute Gasteiger partial charge is 0.261 e. The Morgan fingerprint density at radius 3 is 2.41 bits per heavy atom. The molecule has 10 heteroatoms. The lowest BCUT2D eigenvalue weighted by molar-refractivity contribution is 0.0990. The molecule has 2 aromatic carbocycles. The highest BCUT2D eigenvalue weighted by Crippen LogP contribution is 2.33. The van der Waals surface area contributed by atoms with Crippen LogP contribution in [0.2, 0.25) is 0 Å². The molecule has 3 rings (SSSR count). The van der Waals surface area contributed by atoms with Crippen LogP contribution >= 0.6 is 10.7 Å². The minimum absolute atomic E-state index is 0.0191. The van der Waals surface area contributed by atoms with Crippen molar-refractivity contribution in [2.45, 2.75) is 11.3 Å². The predicted molar refractivity (Wildman–Crippen MR) is 105 cm³/mol. The number of rotatable bonds is 4. The summed E-state index contributed by atoms with van der Waals surface area (Å²) in [5.74, 6) is -0.360. The normalized spacial score (nSPS) is 14.1. The van der Waals surface area contributed by atoms with Gasteiger partial charge >= 0.3 is 0 Å². The third-order valence-corrected chi connectivity index (χ3v) is 6.99. The fourth-order valence-electron chi connectivity index (χ4n) is 2.99. The zero-order valence-electron chi connectivity index (χ0n) is 14.6. The molecule has 0 saturated heterocycles. The van der Waals surface area contributed by atoms with E-state index in [-0.39, 0.29) is 22.1 Å². The molecule has 0 spiro atoms. The van der Waals surface area contributed by atoms with Crippen LogP contribution in [0.3, 0.4) is 0 Å². The summed E-state index contributed by atoms with van der Waals surface area (Å²) in [6, 6.07) is 10.8. The van der Waals surface area contributed by atoms with Crippen LogP contribution in [0.25, 0.3) is 0 Å². The van der Waals surface area contributed by atoms with Crippen molar-refractivity contribution in [3.63, 3.8) is 0 Å². The fraction of sp³-hybridized carbons (Fsp3) is 0.235. The van der Waals surface area contributed by atoms with Gasteiger partial charge in [-0.3, -0.25) is 9.10 Å². The molecular weight excluding hydrogens is 412 g/mol. The van der Waals surface area contributed by atoms with Gasteiger partial charge in [-0.1, -0.05) is 12.1 Å². The molecule has 0 aromatic heterocycles. The first-order valence-corrected chi connectivity index (χ1v) is 12.1. The van der Waals surface area contributed by atoms with Gasteiger partial charge in [0, 0.05) is 30.0 Å². The quantitative estimate of drug-likeness (QED) is 0.696. The summed E-state index contributed by atoms with van der Waals surface area (Å²) in [6.45, 7) is 0.358. The largest absolute Gasteiger partial charge is 0.308 e. The number of amides is 1. The van der Waals surface area contributed by atoms with E-state index in [9.17, 15) is 21.6 Å². The summed E-state index contributed by atoms with van der Waals surface area (Å²) in [5.41, 5.74) is 1.80. The maximum atomic E-state index is 13.1. The standard InChI is InChI=1S/C17H17ClN2O5S2/c1-19(26(2,22)23)16-6-4-3-5-14(16)17(21)20-10-9-12-11-13(27(18,24)25)7-8-15(12)20/h3-8,11H,9-10H2,1-2H3. The van der Waals surface area contributed by atoms with Crippen LogP contribution in [0.5, 0.6) is 0 Å². The average Bonchev–Trinajstić information content (AvgIpc) is 3.02. The third kappa shape index (κ3) is 3.80. The molecule has 1 aliphatic heterocycles. The van der Waals surface area contributed by atoms with Gasteiger partial charge in [0.15, 0.2) is 0 Å². The Bertz CT molecular complexity index is 1130. The lowest BCUT2D eigenvalue weighted by atomic mass is 10.1. The maximum Gasteiger partial charge on any atom is 0.261 e.